The number of amidine groups is 1. The van der Waals surface area contributed by atoms with E-state index in [0.717, 1.165) is 92.7 Å². The molecule has 0 unspecified atom stereocenters. The normalized spacial score (nSPS) is 21.1. The average molecular weight is 465 g/mol. The zero-order valence-electron chi connectivity index (χ0n) is 19.3. The van der Waals surface area contributed by atoms with Crippen molar-refractivity contribution in [1.29, 1.82) is 0 Å². The number of rotatable bonds is 6. The minimum absolute atomic E-state index is 0.471. The van der Waals surface area contributed by atoms with Crippen molar-refractivity contribution < 1.29 is 13.4 Å². The van der Waals surface area contributed by atoms with Crippen LogP contribution in [0.4, 0.5) is 8.63 Å². The van der Waals surface area contributed by atoms with Crippen molar-refractivity contribution in [3.05, 3.63) is 77.8 Å². The second-order valence-electron chi connectivity index (χ2n) is 8.79. The van der Waals surface area contributed by atoms with Crippen LogP contribution in [0.5, 0.6) is 0 Å². The van der Waals surface area contributed by atoms with E-state index >= 15 is 0 Å². The maximum absolute atomic E-state index is 13.7. The highest BCUT2D eigenvalue weighted by molar-refractivity contribution is 6.41. The van der Waals surface area contributed by atoms with E-state index in [1.807, 2.05) is 42.5 Å². The summed E-state index contributed by atoms with van der Waals surface area (Å²) in [6.45, 7) is 9.69. The van der Waals surface area contributed by atoms with E-state index in [4.69, 9.17) is 9.73 Å². The molecule has 2 saturated heterocycles. The molecule has 0 bridgehead atoms. The number of nitrogens with zero attached hydrogens (tertiary/aromatic N) is 5. The number of morpholine rings is 1. The zero-order chi connectivity index (χ0) is 23.3. The Hall–Kier alpha value is -2.75. The third-order valence-electron chi connectivity index (χ3n) is 6.72. The predicted molar refractivity (Wildman–Crippen MR) is 132 cm³/mol. The summed E-state index contributed by atoms with van der Waals surface area (Å²) in [5.41, 5.74) is 2.79. The summed E-state index contributed by atoms with van der Waals surface area (Å²) in [6, 6.07) is 13.0. The fourth-order valence-corrected chi connectivity index (χ4v) is 4.78. The smallest absolute Gasteiger partial charge is 0.379 e. The van der Waals surface area contributed by atoms with Gasteiger partial charge in [-0.1, -0.05) is 30.3 Å². The number of ether oxygens (including phenoxy) is 1. The molecule has 3 aliphatic rings. The molecule has 6 nitrogen and oxygen atoms in total. The Kier molecular flexibility index (Phi) is 7.23. The van der Waals surface area contributed by atoms with Crippen LogP contribution in [0.1, 0.15) is 11.3 Å². The van der Waals surface area contributed by atoms with Gasteiger partial charge in [0.05, 0.1) is 18.9 Å². The minimum atomic E-state index is -2.61. The molecule has 9 heteroatoms. The molecule has 0 amide bonds. The van der Waals surface area contributed by atoms with Crippen molar-refractivity contribution in [1.82, 2.24) is 19.2 Å². The van der Waals surface area contributed by atoms with E-state index in [9.17, 15) is 8.63 Å². The maximum Gasteiger partial charge on any atom is 0.677 e. The van der Waals surface area contributed by atoms with Gasteiger partial charge in [-0.15, -0.1) is 0 Å². The largest absolute Gasteiger partial charge is 0.677 e. The first-order chi connectivity index (χ1) is 16.7. The fourth-order valence-electron chi connectivity index (χ4n) is 4.78. The number of allylic oxidation sites excluding steroid dienone is 1. The quantitative estimate of drug-likeness (QED) is 0.615. The monoisotopic (exact) mass is 465 g/mol. The lowest BCUT2D eigenvalue weighted by Gasteiger charge is -2.37. The van der Waals surface area contributed by atoms with Gasteiger partial charge < -0.3 is 14.1 Å². The Morgan fingerprint density at radius 1 is 0.853 bits per heavy atom. The fraction of sp³-hybridized carbons (Fsp3) is 0.400. The third kappa shape index (κ3) is 5.16. The molecular formula is C25H30BF2N5O. The van der Waals surface area contributed by atoms with Gasteiger partial charge in [-0.3, -0.25) is 18.4 Å². The van der Waals surface area contributed by atoms with Crippen LogP contribution in [0.2, 0.25) is 0 Å². The van der Waals surface area contributed by atoms with Crippen molar-refractivity contribution in [2.45, 2.75) is 0 Å². The van der Waals surface area contributed by atoms with E-state index in [0.29, 0.717) is 5.69 Å². The third-order valence-corrected chi connectivity index (χ3v) is 6.72. The predicted octanol–water partition coefficient (Wildman–Crippen LogP) is 2.94. The lowest BCUT2D eigenvalue weighted by atomic mass is 9.99. The number of aromatic nitrogens is 1. The maximum atomic E-state index is 13.7. The first-order valence-electron chi connectivity index (χ1n) is 12.0. The van der Waals surface area contributed by atoms with E-state index < -0.39 is 7.40 Å². The van der Waals surface area contributed by atoms with E-state index in [1.165, 1.54) is 6.20 Å². The first kappa shape index (κ1) is 23.0. The van der Waals surface area contributed by atoms with Crippen molar-refractivity contribution in [2.75, 3.05) is 65.6 Å². The highest BCUT2D eigenvalue weighted by atomic mass is 19.2. The van der Waals surface area contributed by atoms with Crippen LogP contribution in [-0.2, 0) is 4.74 Å². The molecule has 2 fully saturated rings. The summed E-state index contributed by atoms with van der Waals surface area (Å²) in [5, 5.41) is 0. The topological polar surface area (TPSA) is 36.2 Å². The van der Waals surface area contributed by atoms with Gasteiger partial charge >= 0.3 is 7.40 Å². The second kappa shape index (κ2) is 10.7. The molecule has 5 rings (SSSR count). The van der Waals surface area contributed by atoms with Crippen LogP contribution in [0, 0.1) is 0 Å². The number of piperazine rings is 1. The Morgan fingerprint density at radius 3 is 2.26 bits per heavy atom. The molecule has 0 N–H and O–H groups in total. The van der Waals surface area contributed by atoms with Crippen LogP contribution in [-0.4, -0.2) is 98.0 Å². The molecule has 0 atom stereocenters. The highest BCUT2D eigenvalue weighted by Crippen LogP contribution is 2.31. The summed E-state index contributed by atoms with van der Waals surface area (Å²) in [7, 11) is -2.61. The summed E-state index contributed by atoms with van der Waals surface area (Å²) in [6.07, 6.45) is 5.38. The first-order valence-corrected chi connectivity index (χ1v) is 12.0. The molecule has 34 heavy (non-hydrogen) atoms. The molecule has 3 aliphatic heterocycles. The molecule has 0 radical (unpaired) electrons. The number of benzene rings is 1. The van der Waals surface area contributed by atoms with Crippen LogP contribution < -0.4 is 0 Å². The molecular weight excluding hydrogens is 435 g/mol. The van der Waals surface area contributed by atoms with E-state index in [1.54, 1.807) is 12.1 Å². The molecule has 4 heterocycles. The van der Waals surface area contributed by atoms with Crippen LogP contribution >= 0.6 is 0 Å². The molecule has 1 aromatic heterocycles. The van der Waals surface area contributed by atoms with Gasteiger partial charge in [-0.2, -0.15) is 0 Å². The van der Waals surface area contributed by atoms with E-state index in [-0.39, 0.29) is 0 Å². The van der Waals surface area contributed by atoms with Gasteiger partial charge in [0.15, 0.2) is 0 Å². The van der Waals surface area contributed by atoms with Crippen molar-refractivity contribution >= 4 is 18.8 Å². The molecule has 1 aromatic carbocycles. The summed E-state index contributed by atoms with van der Waals surface area (Å²) >= 11 is 0. The van der Waals surface area contributed by atoms with Gasteiger partial charge in [0, 0.05) is 63.6 Å². The number of hydrogen-bond donors (Lipinski definition) is 0. The number of halogens is 2. The number of hydrogen-bond acceptors (Lipinski definition) is 5. The Balaban J connectivity index is 1.30. The molecule has 0 aliphatic carbocycles. The van der Waals surface area contributed by atoms with Gasteiger partial charge in [-0.05, 0) is 36.0 Å². The Morgan fingerprint density at radius 2 is 1.56 bits per heavy atom. The van der Waals surface area contributed by atoms with Crippen LogP contribution in [0.3, 0.4) is 0 Å². The lowest BCUT2D eigenvalue weighted by molar-refractivity contribution is 0.0315. The van der Waals surface area contributed by atoms with Crippen molar-refractivity contribution in [3.8, 4) is 0 Å². The Labute approximate surface area is 200 Å². The molecule has 2 aromatic rings. The van der Waals surface area contributed by atoms with E-state index in [2.05, 4.69) is 14.7 Å². The van der Waals surface area contributed by atoms with Crippen molar-refractivity contribution in [2.24, 2.45) is 4.99 Å². The van der Waals surface area contributed by atoms with Gasteiger partial charge in [0.1, 0.15) is 5.84 Å². The average Bonchev–Trinajstić information content (AvgIpc) is 3.56. The molecule has 0 saturated carbocycles. The summed E-state index contributed by atoms with van der Waals surface area (Å²) < 4.78 is 33.8. The second-order valence-corrected chi connectivity index (χ2v) is 8.79. The highest BCUT2D eigenvalue weighted by Gasteiger charge is 2.26. The van der Waals surface area contributed by atoms with Crippen LogP contribution in [0.25, 0.3) is 5.57 Å². The van der Waals surface area contributed by atoms with Gasteiger partial charge in [0.25, 0.3) is 0 Å². The van der Waals surface area contributed by atoms with Gasteiger partial charge in [-0.25, -0.2) is 4.99 Å². The lowest BCUT2D eigenvalue weighted by Crippen LogP contribution is -2.50. The Bertz CT molecular complexity index is 1050. The minimum Gasteiger partial charge on any atom is -0.379 e. The SMILES string of the molecule is FB(F)n1cccc1/C(=C1\C=CC(N2CCN(CCN3CCOCC3)CC2)=N1)c1ccccc1. The number of aliphatic imine (C=N–C) groups is 1. The van der Waals surface area contributed by atoms with Gasteiger partial charge in [0.2, 0.25) is 0 Å². The zero-order valence-corrected chi connectivity index (χ0v) is 19.3. The molecule has 0 spiro atoms. The van der Waals surface area contributed by atoms with Crippen LogP contribution in [0.15, 0.2) is 71.5 Å². The standard InChI is InChI=1S/C25H30BF2N5O/c27-26(28)33-10-4-7-23(33)25(21-5-2-1-3-6-21)22-8-9-24(29-22)32-15-13-30(14-16-32)11-12-31-17-19-34-20-18-31/h1-10H,11-20H2/b25-22+. The van der Waals surface area contributed by atoms with Crippen molar-refractivity contribution in [3.63, 3.8) is 0 Å². The summed E-state index contributed by atoms with van der Waals surface area (Å²) in [4.78, 5) is 12.2. The summed E-state index contributed by atoms with van der Waals surface area (Å²) in [5.74, 6) is 0.909. The molecule has 178 valence electrons.